The number of rotatable bonds is 9. The molecule has 0 spiro atoms. The van der Waals surface area contributed by atoms with Crippen LogP contribution in [0.15, 0.2) is 6.07 Å². The highest BCUT2D eigenvalue weighted by Crippen LogP contribution is 2.13. The van der Waals surface area contributed by atoms with Crippen LogP contribution in [0.2, 0.25) is 0 Å². The van der Waals surface area contributed by atoms with Gasteiger partial charge in [-0.15, -0.1) is 0 Å². The minimum atomic E-state index is -0.440. The number of ether oxygens (including phenoxy) is 1. The Morgan fingerprint density at radius 1 is 1.21 bits per heavy atom. The van der Waals surface area contributed by atoms with E-state index >= 15 is 0 Å². The molecule has 0 atom stereocenters. The van der Waals surface area contributed by atoms with Crippen molar-refractivity contribution >= 4 is 11.6 Å². The Kier molecular flexibility index (Phi) is 7.09. The molecule has 0 fully saturated rings. The summed E-state index contributed by atoms with van der Waals surface area (Å²) in [4.78, 5) is 8.59. The molecule has 0 aromatic carbocycles. The van der Waals surface area contributed by atoms with Gasteiger partial charge in [-0.05, 0) is 13.8 Å². The summed E-state index contributed by atoms with van der Waals surface area (Å²) in [6, 6.07) is 1.29. The predicted molar refractivity (Wildman–Crippen MR) is 73.1 cm³/mol. The molecule has 1 heterocycles. The fourth-order valence-electron chi connectivity index (χ4n) is 1.46. The van der Waals surface area contributed by atoms with Crippen LogP contribution in [0.1, 0.15) is 19.7 Å². The van der Waals surface area contributed by atoms with E-state index in [0.717, 1.165) is 6.54 Å². The average Bonchev–Trinajstić information content (AvgIpc) is 2.42. The van der Waals surface area contributed by atoms with Crippen LogP contribution in [-0.4, -0.2) is 52.6 Å². The van der Waals surface area contributed by atoms with Crippen LogP contribution in [0.4, 0.5) is 11.6 Å². The third kappa shape index (κ3) is 5.37. The number of nitrogens with zero attached hydrogens (tertiary/aromatic N) is 2. The van der Waals surface area contributed by atoms with Crippen molar-refractivity contribution in [2.45, 2.75) is 26.5 Å². The van der Waals surface area contributed by atoms with Gasteiger partial charge in [-0.2, -0.15) is 0 Å². The number of anilines is 2. The third-order valence-corrected chi connectivity index (χ3v) is 2.36. The van der Waals surface area contributed by atoms with Gasteiger partial charge in [0.2, 0.25) is 0 Å². The van der Waals surface area contributed by atoms with Crippen molar-refractivity contribution in [3.63, 3.8) is 0 Å². The van der Waals surface area contributed by atoms with E-state index in [1.54, 1.807) is 6.07 Å². The van der Waals surface area contributed by atoms with Gasteiger partial charge in [-0.1, -0.05) is 0 Å². The maximum absolute atomic E-state index is 9.06. The van der Waals surface area contributed by atoms with Crippen molar-refractivity contribution in [3.05, 3.63) is 11.9 Å². The Morgan fingerprint density at radius 3 is 2.47 bits per heavy atom. The van der Waals surface area contributed by atoms with Crippen molar-refractivity contribution in [2.24, 2.45) is 0 Å². The maximum Gasteiger partial charge on any atom is 0.158 e. The molecule has 0 aliphatic heterocycles. The zero-order chi connectivity index (χ0) is 14.1. The molecule has 108 valence electrons. The Balaban J connectivity index is 2.85. The van der Waals surface area contributed by atoms with Crippen molar-refractivity contribution in [1.29, 1.82) is 0 Å². The molecule has 0 aliphatic carbocycles. The quantitative estimate of drug-likeness (QED) is 0.509. The van der Waals surface area contributed by atoms with E-state index in [1.807, 2.05) is 13.8 Å². The van der Waals surface area contributed by atoms with E-state index < -0.39 is 6.04 Å². The van der Waals surface area contributed by atoms with Gasteiger partial charge in [0.1, 0.15) is 18.2 Å². The van der Waals surface area contributed by atoms with E-state index in [2.05, 4.69) is 20.6 Å². The van der Waals surface area contributed by atoms with E-state index in [4.69, 9.17) is 14.9 Å². The van der Waals surface area contributed by atoms with Crippen LogP contribution in [0.5, 0.6) is 0 Å². The number of hydrogen-bond acceptors (Lipinski definition) is 7. The van der Waals surface area contributed by atoms with Crippen LogP contribution in [0.3, 0.4) is 0 Å². The lowest BCUT2D eigenvalue weighted by atomic mass is 10.3. The summed E-state index contributed by atoms with van der Waals surface area (Å²) in [5, 5.41) is 24.2. The Bertz CT molecular complexity index is 372. The summed E-state index contributed by atoms with van der Waals surface area (Å²) in [7, 11) is 0. The molecule has 4 N–H and O–H groups in total. The van der Waals surface area contributed by atoms with E-state index in [1.165, 1.54) is 0 Å². The molecule has 0 radical (unpaired) electrons. The highest BCUT2D eigenvalue weighted by molar-refractivity contribution is 5.48. The van der Waals surface area contributed by atoms with Crippen LogP contribution in [0, 0.1) is 0 Å². The maximum atomic E-state index is 9.06. The molecule has 7 heteroatoms. The standard InChI is InChI=1S/C12H22N4O3/c1-3-13-10-5-11(14-9(6-17)7-18)16-12(15-10)8-19-4-2/h5,9,17-18H,3-4,6-8H2,1-2H3,(H2,13,14,15,16). The lowest BCUT2D eigenvalue weighted by molar-refractivity contribution is 0.128. The largest absolute Gasteiger partial charge is 0.394 e. The zero-order valence-electron chi connectivity index (χ0n) is 11.4. The molecule has 0 amide bonds. The first kappa shape index (κ1) is 15.6. The molecular weight excluding hydrogens is 248 g/mol. The number of aromatic nitrogens is 2. The normalized spacial score (nSPS) is 10.8. The Morgan fingerprint density at radius 2 is 1.89 bits per heavy atom. The second kappa shape index (κ2) is 8.63. The summed E-state index contributed by atoms with van der Waals surface area (Å²) in [5.74, 6) is 1.79. The van der Waals surface area contributed by atoms with Crippen LogP contribution in [0.25, 0.3) is 0 Å². The van der Waals surface area contributed by atoms with Gasteiger partial charge in [-0.3, -0.25) is 0 Å². The van der Waals surface area contributed by atoms with Crippen LogP contribution in [-0.2, 0) is 11.3 Å². The molecule has 1 rings (SSSR count). The second-order valence-corrected chi connectivity index (χ2v) is 3.93. The predicted octanol–water partition coefficient (Wildman–Crippen LogP) is 0.210. The van der Waals surface area contributed by atoms with Gasteiger partial charge < -0.3 is 25.6 Å². The van der Waals surface area contributed by atoms with E-state index in [-0.39, 0.29) is 13.2 Å². The molecule has 1 aromatic rings. The first-order chi connectivity index (χ1) is 9.23. The van der Waals surface area contributed by atoms with Crippen molar-refractivity contribution < 1.29 is 14.9 Å². The fourth-order valence-corrected chi connectivity index (χ4v) is 1.46. The van der Waals surface area contributed by atoms with Crippen molar-refractivity contribution in [1.82, 2.24) is 9.97 Å². The van der Waals surface area contributed by atoms with Gasteiger partial charge in [0.15, 0.2) is 5.82 Å². The van der Waals surface area contributed by atoms with Gasteiger partial charge >= 0.3 is 0 Å². The molecule has 0 saturated carbocycles. The smallest absolute Gasteiger partial charge is 0.158 e. The van der Waals surface area contributed by atoms with Crippen molar-refractivity contribution in [3.8, 4) is 0 Å². The lowest BCUT2D eigenvalue weighted by Crippen LogP contribution is -2.28. The topological polar surface area (TPSA) is 99.5 Å². The SMILES string of the molecule is CCNc1cc(NC(CO)CO)nc(COCC)n1. The summed E-state index contributed by atoms with van der Waals surface area (Å²) in [5.41, 5.74) is 0. The van der Waals surface area contributed by atoms with E-state index in [9.17, 15) is 0 Å². The van der Waals surface area contributed by atoms with Gasteiger partial charge in [0.05, 0.1) is 19.3 Å². The molecule has 0 aliphatic rings. The van der Waals surface area contributed by atoms with Gasteiger partial charge in [0.25, 0.3) is 0 Å². The number of aliphatic hydroxyl groups excluding tert-OH is 2. The van der Waals surface area contributed by atoms with Gasteiger partial charge in [0, 0.05) is 19.2 Å². The highest BCUT2D eigenvalue weighted by atomic mass is 16.5. The Hall–Kier alpha value is -1.44. The summed E-state index contributed by atoms with van der Waals surface area (Å²) in [6.07, 6.45) is 0. The van der Waals surface area contributed by atoms with Crippen LogP contribution < -0.4 is 10.6 Å². The molecule has 7 nitrogen and oxygen atoms in total. The zero-order valence-corrected chi connectivity index (χ0v) is 11.4. The number of aliphatic hydroxyl groups is 2. The first-order valence-electron chi connectivity index (χ1n) is 6.41. The lowest BCUT2D eigenvalue weighted by Gasteiger charge is -2.15. The highest BCUT2D eigenvalue weighted by Gasteiger charge is 2.09. The summed E-state index contributed by atoms with van der Waals surface area (Å²) in [6.45, 7) is 5.20. The molecule has 0 saturated heterocycles. The minimum Gasteiger partial charge on any atom is -0.394 e. The van der Waals surface area contributed by atoms with Crippen LogP contribution >= 0.6 is 0 Å². The average molecular weight is 270 g/mol. The summed E-state index contributed by atoms with van der Waals surface area (Å²) >= 11 is 0. The third-order valence-electron chi connectivity index (χ3n) is 2.36. The molecular formula is C12H22N4O3. The van der Waals surface area contributed by atoms with Crippen molar-refractivity contribution in [2.75, 3.05) is 37.0 Å². The Labute approximate surface area is 113 Å². The fraction of sp³-hybridized carbons (Fsp3) is 0.667. The number of nitrogens with one attached hydrogen (secondary N) is 2. The number of hydrogen-bond donors (Lipinski definition) is 4. The van der Waals surface area contributed by atoms with Gasteiger partial charge in [-0.25, -0.2) is 9.97 Å². The molecule has 0 bridgehead atoms. The molecule has 0 unspecified atom stereocenters. The van der Waals surface area contributed by atoms with E-state index in [0.29, 0.717) is 30.7 Å². The summed E-state index contributed by atoms with van der Waals surface area (Å²) < 4.78 is 5.29. The first-order valence-corrected chi connectivity index (χ1v) is 6.41. The molecule has 1 aromatic heterocycles. The monoisotopic (exact) mass is 270 g/mol. The second-order valence-electron chi connectivity index (χ2n) is 3.93. The minimum absolute atomic E-state index is 0.169. The molecule has 19 heavy (non-hydrogen) atoms.